The summed E-state index contributed by atoms with van der Waals surface area (Å²) in [5.41, 5.74) is 3.02. The molecule has 0 unspecified atom stereocenters. The zero-order valence-electron chi connectivity index (χ0n) is 15.4. The molecule has 1 aliphatic heterocycles. The SMILES string of the molecule is Cc1ccc(-c2nc(CCNC(=O)Nc3ccc4c(c3)OC(F)(F)O4)co2)cc1. The van der Waals surface area contributed by atoms with Crippen molar-refractivity contribution in [1.29, 1.82) is 0 Å². The van der Waals surface area contributed by atoms with Gasteiger partial charge >= 0.3 is 12.3 Å². The molecule has 150 valence electrons. The molecule has 1 aliphatic rings. The number of aryl methyl sites for hydroxylation is 1. The zero-order chi connectivity index (χ0) is 20.4. The Morgan fingerprint density at radius 3 is 2.66 bits per heavy atom. The number of ether oxygens (including phenoxy) is 2. The molecular formula is C20H17F2N3O4. The number of urea groups is 1. The first-order chi connectivity index (χ1) is 13.9. The molecule has 3 aromatic rings. The summed E-state index contributed by atoms with van der Waals surface area (Å²) in [6.45, 7) is 2.31. The highest BCUT2D eigenvalue weighted by Crippen LogP contribution is 2.42. The van der Waals surface area contributed by atoms with Crippen LogP contribution in [0.5, 0.6) is 11.5 Å². The van der Waals surface area contributed by atoms with E-state index < -0.39 is 12.3 Å². The molecule has 4 rings (SSSR count). The summed E-state index contributed by atoms with van der Waals surface area (Å²) >= 11 is 0. The molecule has 0 aliphatic carbocycles. The molecule has 2 aromatic carbocycles. The lowest BCUT2D eigenvalue weighted by Crippen LogP contribution is -2.30. The van der Waals surface area contributed by atoms with E-state index in [0.717, 1.165) is 11.1 Å². The van der Waals surface area contributed by atoms with Gasteiger partial charge in [-0.25, -0.2) is 9.78 Å². The van der Waals surface area contributed by atoms with E-state index >= 15 is 0 Å². The van der Waals surface area contributed by atoms with Crippen LogP contribution in [-0.2, 0) is 6.42 Å². The number of fused-ring (bicyclic) bond motifs is 1. The van der Waals surface area contributed by atoms with Crippen LogP contribution in [0.3, 0.4) is 0 Å². The van der Waals surface area contributed by atoms with Crippen LogP contribution in [0.2, 0.25) is 0 Å². The lowest BCUT2D eigenvalue weighted by molar-refractivity contribution is -0.286. The monoisotopic (exact) mass is 401 g/mol. The Kier molecular flexibility index (Phi) is 4.79. The maximum atomic E-state index is 13.0. The van der Waals surface area contributed by atoms with Crippen LogP contribution in [0.4, 0.5) is 19.3 Å². The van der Waals surface area contributed by atoms with Gasteiger partial charge in [-0.05, 0) is 31.2 Å². The minimum Gasteiger partial charge on any atom is -0.444 e. The fraction of sp³-hybridized carbons (Fsp3) is 0.200. The van der Waals surface area contributed by atoms with Gasteiger partial charge in [-0.15, -0.1) is 8.78 Å². The second kappa shape index (κ2) is 7.42. The second-order valence-corrected chi connectivity index (χ2v) is 6.47. The molecule has 2 heterocycles. The van der Waals surface area contributed by atoms with Crippen molar-refractivity contribution in [2.75, 3.05) is 11.9 Å². The molecule has 0 bridgehead atoms. The third-order valence-corrected chi connectivity index (χ3v) is 4.18. The van der Waals surface area contributed by atoms with Gasteiger partial charge in [-0.3, -0.25) is 0 Å². The number of hydrogen-bond donors (Lipinski definition) is 2. The number of aromatic nitrogens is 1. The summed E-state index contributed by atoms with van der Waals surface area (Å²) < 4.78 is 40.2. The first-order valence-corrected chi connectivity index (χ1v) is 8.84. The predicted octanol–water partition coefficient (Wildman–Crippen LogP) is 4.34. The van der Waals surface area contributed by atoms with E-state index in [4.69, 9.17) is 4.42 Å². The maximum Gasteiger partial charge on any atom is 0.586 e. The highest BCUT2D eigenvalue weighted by Gasteiger charge is 2.43. The number of hydrogen-bond acceptors (Lipinski definition) is 5. The van der Waals surface area contributed by atoms with Gasteiger partial charge in [0, 0.05) is 30.3 Å². The van der Waals surface area contributed by atoms with Crippen LogP contribution in [0.15, 0.2) is 53.1 Å². The number of anilines is 1. The number of oxazole rings is 1. The highest BCUT2D eigenvalue weighted by atomic mass is 19.3. The normalized spacial score (nSPS) is 13.9. The molecule has 0 fully saturated rings. The molecule has 1 aromatic heterocycles. The Morgan fingerprint density at radius 2 is 1.86 bits per heavy atom. The maximum absolute atomic E-state index is 13.0. The molecule has 0 saturated heterocycles. The van der Waals surface area contributed by atoms with Crippen molar-refractivity contribution in [2.45, 2.75) is 19.6 Å². The quantitative estimate of drug-likeness (QED) is 0.665. The number of amides is 2. The number of nitrogens with zero attached hydrogens (tertiary/aromatic N) is 1. The van der Waals surface area contributed by atoms with Crippen LogP contribution in [-0.4, -0.2) is 23.9 Å². The lowest BCUT2D eigenvalue weighted by Gasteiger charge is -2.07. The molecule has 29 heavy (non-hydrogen) atoms. The van der Waals surface area contributed by atoms with Gasteiger partial charge < -0.3 is 24.5 Å². The molecule has 2 N–H and O–H groups in total. The van der Waals surface area contributed by atoms with Crippen molar-refractivity contribution >= 4 is 11.7 Å². The molecule has 9 heteroatoms. The van der Waals surface area contributed by atoms with Gasteiger partial charge in [-0.2, -0.15) is 0 Å². The smallest absolute Gasteiger partial charge is 0.444 e. The summed E-state index contributed by atoms with van der Waals surface area (Å²) in [6, 6.07) is 11.3. The van der Waals surface area contributed by atoms with Gasteiger partial charge in [0.15, 0.2) is 11.5 Å². The van der Waals surface area contributed by atoms with E-state index in [0.29, 0.717) is 30.2 Å². The van der Waals surface area contributed by atoms with E-state index in [1.165, 1.54) is 18.2 Å². The van der Waals surface area contributed by atoms with Crippen molar-refractivity contribution in [3.63, 3.8) is 0 Å². The fourth-order valence-electron chi connectivity index (χ4n) is 2.76. The number of carbonyl (C=O) groups excluding carboxylic acids is 1. The molecule has 0 spiro atoms. The first kappa shape index (κ1) is 18.7. The molecule has 0 atom stereocenters. The number of carbonyl (C=O) groups is 1. The summed E-state index contributed by atoms with van der Waals surface area (Å²) in [5.74, 6) is 0.289. The number of rotatable bonds is 5. The summed E-state index contributed by atoms with van der Waals surface area (Å²) in [5, 5.41) is 5.22. The van der Waals surface area contributed by atoms with Crippen LogP contribution >= 0.6 is 0 Å². The Balaban J connectivity index is 1.27. The Hall–Kier alpha value is -3.62. The third-order valence-electron chi connectivity index (χ3n) is 4.18. The number of halogens is 2. The number of nitrogens with one attached hydrogen (secondary N) is 2. The molecule has 2 amide bonds. The average Bonchev–Trinajstić information content (AvgIpc) is 3.24. The molecule has 0 radical (unpaired) electrons. The van der Waals surface area contributed by atoms with Crippen LogP contribution < -0.4 is 20.1 Å². The standard InChI is InChI=1S/C20H17F2N3O4/c1-12-2-4-13(5-3-12)18-24-15(11-27-18)8-9-23-19(26)25-14-6-7-16-17(10-14)29-20(21,22)28-16/h2-7,10-11H,8-9H2,1H3,(H2,23,25,26). The molecule has 7 nitrogen and oxygen atoms in total. The van der Waals surface area contributed by atoms with Gasteiger partial charge in [0.2, 0.25) is 5.89 Å². The largest absolute Gasteiger partial charge is 0.586 e. The van der Waals surface area contributed by atoms with Crippen molar-refractivity contribution < 1.29 is 27.5 Å². The van der Waals surface area contributed by atoms with E-state index in [1.807, 2.05) is 31.2 Å². The highest BCUT2D eigenvalue weighted by molar-refractivity contribution is 5.89. The summed E-state index contributed by atoms with van der Waals surface area (Å²) in [6.07, 6.45) is -1.68. The van der Waals surface area contributed by atoms with Gasteiger partial charge in [0.1, 0.15) is 6.26 Å². The van der Waals surface area contributed by atoms with Gasteiger partial charge in [0.05, 0.1) is 5.69 Å². The average molecular weight is 401 g/mol. The Bertz CT molecular complexity index is 1030. The first-order valence-electron chi connectivity index (χ1n) is 8.84. The Morgan fingerprint density at radius 1 is 1.10 bits per heavy atom. The topological polar surface area (TPSA) is 85.6 Å². The van der Waals surface area contributed by atoms with Crippen LogP contribution in [0.1, 0.15) is 11.3 Å². The second-order valence-electron chi connectivity index (χ2n) is 6.47. The molecular weight excluding hydrogens is 384 g/mol. The molecule has 0 saturated carbocycles. The van der Waals surface area contributed by atoms with E-state index in [9.17, 15) is 13.6 Å². The Labute approximate surface area is 164 Å². The van der Waals surface area contributed by atoms with Crippen molar-refractivity contribution in [1.82, 2.24) is 10.3 Å². The van der Waals surface area contributed by atoms with Gasteiger partial charge in [-0.1, -0.05) is 17.7 Å². The number of benzene rings is 2. The number of alkyl halides is 2. The minimum atomic E-state index is -3.70. The summed E-state index contributed by atoms with van der Waals surface area (Å²) in [7, 11) is 0. The van der Waals surface area contributed by atoms with Crippen molar-refractivity contribution in [3.05, 3.63) is 60.0 Å². The minimum absolute atomic E-state index is 0.0867. The van der Waals surface area contributed by atoms with Crippen LogP contribution in [0, 0.1) is 6.92 Å². The lowest BCUT2D eigenvalue weighted by atomic mass is 10.1. The van der Waals surface area contributed by atoms with E-state index in [1.54, 1.807) is 6.26 Å². The fourth-order valence-corrected chi connectivity index (χ4v) is 2.76. The van der Waals surface area contributed by atoms with E-state index in [2.05, 4.69) is 25.1 Å². The predicted molar refractivity (Wildman–Crippen MR) is 100 cm³/mol. The van der Waals surface area contributed by atoms with Crippen molar-refractivity contribution in [2.24, 2.45) is 0 Å². The third kappa shape index (κ3) is 4.45. The van der Waals surface area contributed by atoms with Crippen LogP contribution in [0.25, 0.3) is 11.5 Å². The van der Waals surface area contributed by atoms with E-state index in [-0.39, 0.29) is 11.5 Å². The zero-order valence-corrected chi connectivity index (χ0v) is 15.4. The van der Waals surface area contributed by atoms with Gasteiger partial charge in [0.25, 0.3) is 0 Å². The summed E-state index contributed by atoms with van der Waals surface area (Å²) in [4.78, 5) is 16.4. The van der Waals surface area contributed by atoms with Crippen molar-refractivity contribution in [3.8, 4) is 23.0 Å².